The van der Waals surface area contributed by atoms with Crippen molar-refractivity contribution >= 4 is 45.1 Å². The molecule has 0 aliphatic carbocycles. The normalized spacial score (nSPS) is 13.4. The van der Waals surface area contributed by atoms with E-state index in [0.29, 0.717) is 24.3 Å². The summed E-state index contributed by atoms with van der Waals surface area (Å²) < 4.78 is 18.1. The van der Waals surface area contributed by atoms with Crippen molar-refractivity contribution in [2.24, 2.45) is 0 Å². The van der Waals surface area contributed by atoms with E-state index in [4.69, 9.17) is 34.6 Å². The average Bonchev–Trinajstić information content (AvgIpc) is 3.27. The smallest absolute Gasteiger partial charge is 0.336 e. The summed E-state index contributed by atoms with van der Waals surface area (Å²) in [5, 5.41) is 34.7. The first-order valence-electron chi connectivity index (χ1n) is 16.7. The van der Waals surface area contributed by atoms with E-state index in [-0.39, 0.29) is 5.78 Å². The number of ether oxygens (including phenoxy) is 3. The number of aliphatic carboxylic acids is 3. The van der Waals surface area contributed by atoms with Gasteiger partial charge in [0.05, 0.1) is 26.6 Å². The van der Waals surface area contributed by atoms with Crippen molar-refractivity contribution in [2.75, 3.05) is 40.0 Å². The van der Waals surface area contributed by atoms with E-state index in [2.05, 4.69) is 4.90 Å². The number of thiophene rings is 1. The number of benzene rings is 3. The van der Waals surface area contributed by atoms with Gasteiger partial charge >= 0.3 is 17.9 Å². The number of aliphatic hydroxyl groups is 1. The number of nitrogens with zero attached hydrogens (tertiary/aromatic N) is 1. The number of carboxylic acid groups (broad SMARTS) is 3. The van der Waals surface area contributed by atoms with Gasteiger partial charge in [-0.05, 0) is 105 Å². The van der Waals surface area contributed by atoms with Gasteiger partial charge in [-0.15, -0.1) is 11.3 Å². The van der Waals surface area contributed by atoms with Gasteiger partial charge in [-0.25, -0.2) is 4.79 Å². The van der Waals surface area contributed by atoms with E-state index in [0.717, 1.165) is 57.4 Å². The predicted octanol–water partition coefficient (Wildman–Crippen LogP) is 6.21. The lowest BCUT2D eigenvalue weighted by Gasteiger charge is -2.19. The number of rotatable bonds is 15. The first kappa shape index (κ1) is 38.8. The maximum atomic E-state index is 13.9. The maximum absolute atomic E-state index is 13.9. The summed E-state index contributed by atoms with van der Waals surface area (Å²) in [6.07, 6.45) is 2.93. The average molecular weight is 722 g/mol. The molecule has 2 heterocycles. The number of hydrogen-bond acceptors (Lipinski definition) is 10. The fraction of sp³-hybridized carbons (Fsp3) is 0.368. The summed E-state index contributed by atoms with van der Waals surface area (Å²) >= 11 is 1.61. The van der Waals surface area contributed by atoms with Crippen molar-refractivity contribution in [3.63, 3.8) is 0 Å². The Kier molecular flexibility index (Phi) is 13.9. The third-order valence-electron chi connectivity index (χ3n) is 8.33. The summed E-state index contributed by atoms with van der Waals surface area (Å²) in [4.78, 5) is 47.8. The highest BCUT2D eigenvalue weighted by Gasteiger charge is 2.40. The van der Waals surface area contributed by atoms with Gasteiger partial charge in [0.25, 0.3) is 0 Å². The van der Waals surface area contributed by atoms with Crippen LogP contribution in [0.15, 0.2) is 66.7 Å². The van der Waals surface area contributed by atoms with Crippen LogP contribution in [0.25, 0.3) is 20.5 Å². The van der Waals surface area contributed by atoms with Crippen molar-refractivity contribution < 1.29 is 53.8 Å². The van der Waals surface area contributed by atoms with Crippen LogP contribution in [0.1, 0.15) is 61.4 Å². The Balaban J connectivity index is 0.000000383. The Morgan fingerprint density at radius 2 is 1.35 bits per heavy atom. The Labute approximate surface area is 299 Å². The number of ketones is 1. The van der Waals surface area contributed by atoms with Gasteiger partial charge in [-0.2, -0.15) is 0 Å². The molecule has 1 saturated heterocycles. The monoisotopic (exact) mass is 721 g/mol. The Morgan fingerprint density at radius 1 is 0.784 bits per heavy atom. The highest BCUT2D eigenvalue weighted by atomic mass is 32.1. The minimum absolute atomic E-state index is 0.00131. The first-order chi connectivity index (χ1) is 24.4. The molecule has 1 aromatic heterocycles. The molecule has 3 aromatic carbocycles. The first-order valence-corrected chi connectivity index (χ1v) is 17.5. The molecule has 5 rings (SSSR count). The van der Waals surface area contributed by atoms with Crippen LogP contribution in [-0.4, -0.2) is 94.6 Å². The summed E-state index contributed by atoms with van der Waals surface area (Å²) in [7, 11) is 1.66. The second-order valence-corrected chi connectivity index (χ2v) is 13.1. The zero-order valence-electron chi connectivity index (χ0n) is 28.6. The number of likely N-dealkylation sites (tertiary alicyclic amines) is 1. The Hall–Kier alpha value is -4.98. The lowest BCUT2D eigenvalue weighted by Crippen LogP contribution is -2.42. The van der Waals surface area contributed by atoms with Gasteiger partial charge in [0.1, 0.15) is 23.9 Å². The highest BCUT2D eigenvalue weighted by Crippen LogP contribution is 2.41. The van der Waals surface area contributed by atoms with Crippen LogP contribution in [-0.2, 0) is 14.4 Å². The molecule has 0 amide bonds. The van der Waals surface area contributed by atoms with E-state index < -0.39 is 36.4 Å². The van der Waals surface area contributed by atoms with E-state index in [9.17, 15) is 19.2 Å². The number of hydrogen-bond donors (Lipinski definition) is 4. The van der Waals surface area contributed by atoms with Gasteiger partial charge in [0.15, 0.2) is 11.4 Å². The molecular weight excluding hydrogens is 678 g/mol. The number of fused-ring (bicyclic) bond motifs is 1. The van der Waals surface area contributed by atoms with E-state index in [1.54, 1.807) is 18.4 Å². The van der Waals surface area contributed by atoms with Crippen LogP contribution in [0.3, 0.4) is 0 Å². The molecule has 4 N–H and O–H groups in total. The van der Waals surface area contributed by atoms with Crippen molar-refractivity contribution in [3.05, 3.63) is 77.9 Å². The predicted molar refractivity (Wildman–Crippen MR) is 192 cm³/mol. The minimum atomic E-state index is -2.74. The molecule has 1 fully saturated rings. The second kappa shape index (κ2) is 18.3. The fourth-order valence-electron chi connectivity index (χ4n) is 5.72. The van der Waals surface area contributed by atoms with Gasteiger partial charge < -0.3 is 34.6 Å². The summed E-state index contributed by atoms with van der Waals surface area (Å²) in [5.74, 6) is -2.63. The number of carboxylic acids is 3. The maximum Gasteiger partial charge on any atom is 0.336 e. The Bertz CT molecular complexity index is 1780. The second-order valence-electron chi connectivity index (χ2n) is 12.1. The van der Waals surface area contributed by atoms with Crippen molar-refractivity contribution in [1.29, 1.82) is 0 Å². The molecule has 1 aliphatic rings. The van der Waals surface area contributed by atoms with Gasteiger partial charge in [-0.3, -0.25) is 19.3 Å². The lowest BCUT2D eigenvalue weighted by atomic mass is 9.96. The zero-order chi connectivity index (χ0) is 37.0. The molecule has 0 spiro atoms. The van der Waals surface area contributed by atoms with Crippen LogP contribution in [0.2, 0.25) is 0 Å². The van der Waals surface area contributed by atoms with Crippen molar-refractivity contribution in [2.45, 2.75) is 51.0 Å². The molecule has 51 heavy (non-hydrogen) atoms. The third kappa shape index (κ3) is 10.8. The molecule has 1 aliphatic heterocycles. The topological polar surface area (TPSA) is 180 Å². The van der Waals surface area contributed by atoms with Crippen LogP contribution < -0.4 is 14.2 Å². The van der Waals surface area contributed by atoms with E-state index in [1.165, 1.54) is 25.7 Å². The molecule has 0 saturated carbocycles. The number of carbonyl (C=O) groups excluding carboxylic acids is 1. The lowest BCUT2D eigenvalue weighted by molar-refractivity contribution is -0.170. The Morgan fingerprint density at radius 3 is 1.90 bits per heavy atom. The largest absolute Gasteiger partial charge is 0.497 e. The molecule has 0 radical (unpaired) electrons. The molecule has 13 heteroatoms. The summed E-state index contributed by atoms with van der Waals surface area (Å²) in [5.41, 5.74) is -0.387. The number of methoxy groups -OCH3 is 1. The fourth-order valence-corrected chi connectivity index (χ4v) is 6.95. The molecule has 4 aromatic rings. The van der Waals surface area contributed by atoms with Crippen LogP contribution >= 0.6 is 11.3 Å². The van der Waals surface area contributed by atoms with Crippen molar-refractivity contribution in [3.8, 4) is 27.7 Å². The standard InChI is InChI=1S/C32H35NO4S.C6H8O7/c1-3-36-25-14-10-24(11-15-25)32-30(28-17-16-27(35-2)22-29(28)38-32)31(34)23-8-12-26(13-9-23)37-21-20-33-18-6-4-5-7-19-33;7-3(8)1-6(13,5(11)12)2-4(9)10/h8-17,22H,3-7,18-21H2,1-2H3;13H,1-2H2,(H,7,8)(H,9,10)(H,11,12). The molecule has 272 valence electrons. The molecular formula is C38H43NO11S. The SMILES string of the molecule is CCOc1ccc(-c2sc3cc(OC)ccc3c2C(=O)c2ccc(OCCN3CCCCCC3)cc2)cc1.O=C(O)CC(O)(CC(=O)O)C(=O)O. The minimum Gasteiger partial charge on any atom is -0.497 e. The molecule has 0 bridgehead atoms. The zero-order valence-corrected chi connectivity index (χ0v) is 29.4. The van der Waals surface area contributed by atoms with E-state index in [1.807, 2.05) is 73.7 Å². The van der Waals surface area contributed by atoms with Gasteiger partial charge in [0, 0.05) is 32.6 Å². The van der Waals surface area contributed by atoms with Gasteiger partial charge in [-0.1, -0.05) is 12.8 Å². The van der Waals surface area contributed by atoms with Crippen LogP contribution in [0, 0.1) is 0 Å². The van der Waals surface area contributed by atoms with Crippen molar-refractivity contribution in [1.82, 2.24) is 4.90 Å². The molecule has 0 atom stereocenters. The summed E-state index contributed by atoms with van der Waals surface area (Å²) in [6.45, 7) is 6.50. The summed E-state index contributed by atoms with van der Waals surface area (Å²) in [6, 6.07) is 21.4. The highest BCUT2D eigenvalue weighted by molar-refractivity contribution is 7.22. The molecule has 0 unspecified atom stereocenters. The quantitative estimate of drug-likeness (QED) is 0.102. The number of carbonyl (C=O) groups is 4. The molecule has 12 nitrogen and oxygen atoms in total. The van der Waals surface area contributed by atoms with Crippen LogP contribution in [0.4, 0.5) is 0 Å². The third-order valence-corrected chi connectivity index (χ3v) is 9.53. The van der Waals surface area contributed by atoms with Gasteiger partial charge in [0.2, 0.25) is 0 Å². The van der Waals surface area contributed by atoms with E-state index >= 15 is 0 Å². The van der Waals surface area contributed by atoms with Crippen LogP contribution in [0.5, 0.6) is 17.2 Å².